The molecule has 1 aromatic heterocycles. The van der Waals surface area contributed by atoms with Crippen LogP contribution in [-0.2, 0) is 0 Å². The monoisotopic (exact) mass is 250 g/mol. The first-order chi connectivity index (χ1) is 8.51. The summed E-state index contributed by atoms with van der Waals surface area (Å²) in [5.74, 6) is 0.683. The molecule has 4 nitrogen and oxygen atoms in total. The van der Waals surface area contributed by atoms with Crippen LogP contribution >= 0.6 is 0 Å². The van der Waals surface area contributed by atoms with E-state index < -0.39 is 0 Å². The second-order valence-corrected chi connectivity index (χ2v) is 5.45. The van der Waals surface area contributed by atoms with Gasteiger partial charge in [0.05, 0.1) is 23.8 Å². The summed E-state index contributed by atoms with van der Waals surface area (Å²) >= 11 is 0. The minimum atomic E-state index is 0.453. The van der Waals surface area contributed by atoms with Crippen molar-refractivity contribution in [1.29, 1.82) is 0 Å². The molecule has 0 aliphatic carbocycles. The summed E-state index contributed by atoms with van der Waals surface area (Å²) in [6.07, 6.45) is 4.86. The fourth-order valence-corrected chi connectivity index (χ4v) is 2.08. The number of hydrogen-bond acceptors (Lipinski definition) is 4. The maximum Gasteiger partial charge on any atom is 0.0550 e. The SMILES string of the molecule is CNc1cncc(NC(CC(C)C)CN(C)C)c1. The van der Waals surface area contributed by atoms with Crippen LogP contribution in [0.1, 0.15) is 20.3 Å². The van der Waals surface area contributed by atoms with Crippen molar-refractivity contribution in [3.8, 4) is 0 Å². The van der Waals surface area contributed by atoms with Gasteiger partial charge in [0, 0.05) is 19.6 Å². The number of anilines is 2. The number of pyridine rings is 1. The summed E-state index contributed by atoms with van der Waals surface area (Å²) in [5.41, 5.74) is 2.11. The quantitative estimate of drug-likeness (QED) is 0.780. The Bertz CT molecular complexity index is 339. The van der Waals surface area contributed by atoms with Crippen LogP contribution in [0.3, 0.4) is 0 Å². The highest BCUT2D eigenvalue weighted by Gasteiger charge is 2.12. The summed E-state index contributed by atoms with van der Waals surface area (Å²) in [5, 5.41) is 6.68. The van der Waals surface area contributed by atoms with E-state index >= 15 is 0 Å². The number of rotatable bonds is 7. The molecular formula is C14H26N4. The molecule has 1 unspecified atom stereocenters. The average molecular weight is 250 g/mol. The molecule has 0 aliphatic rings. The zero-order valence-electron chi connectivity index (χ0n) is 12.2. The van der Waals surface area contributed by atoms with E-state index in [1.165, 1.54) is 0 Å². The van der Waals surface area contributed by atoms with E-state index in [1.54, 1.807) is 0 Å². The number of nitrogens with one attached hydrogen (secondary N) is 2. The van der Waals surface area contributed by atoms with Crippen molar-refractivity contribution < 1.29 is 0 Å². The summed E-state index contributed by atoms with van der Waals surface area (Å²) in [4.78, 5) is 6.45. The van der Waals surface area contributed by atoms with Crippen LogP contribution in [0.2, 0.25) is 0 Å². The Labute approximate surface area is 111 Å². The molecule has 4 heteroatoms. The Morgan fingerprint density at radius 3 is 2.44 bits per heavy atom. The molecule has 0 fully saturated rings. The van der Waals surface area contributed by atoms with Crippen LogP contribution in [0.4, 0.5) is 11.4 Å². The number of hydrogen-bond donors (Lipinski definition) is 2. The molecular weight excluding hydrogens is 224 g/mol. The van der Waals surface area contributed by atoms with Crippen molar-refractivity contribution in [2.24, 2.45) is 5.92 Å². The highest BCUT2D eigenvalue weighted by molar-refractivity contribution is 5.54. The van der Waals surface area contributed by atoms with Gasteiger partial charge in [-0.05, 0) is 32.5 Å². The van der Waals surface area contributed by atoms with Gasteiger partial charge >= 0.3 is 0 Å². The fraction of sp³-hybridized carbons (Fsp3) is 0.643. The van der Waals surface area contributed by atoms with Crippen LogP contribution in [0, 0.1) is 5.92 Å². The lowest BCUT2D eigenvalue weighted by Gasteiger charge is -2.25. The number of nitrogens with zero attached hydrogens (tertiary/aromatic N) is 2. The Balaban J connectivity index is 2.68. The number of aromatic nitrogens is 1. The van der Waals surface area contributed by atoms with Gasteiger partial charge in [-0.2, -0.15) is 0 Å². The van der Waals surface area contributed by atoms with Gasteiger partial charge in [0.15, 0.2) is 0 Å². The van der Waals surface area contributed by atoms with Crippen molar-refractivity contribution in [3.05, 3.63) is 18.5 Å². The highest BCUT2D eigenvalue weighted by Crippen LogP contribution is 2.16. The zero-order valence-corrected chi connectivity index (χ0v) is 12.2. The third kappa shape index (κ3) is 5.36. The van der Waals surface area contributed by atoms with E-state index in [4.69, 9.17) is 0 Å². The first kappa shape index (κ1) is 14.8. The third-order valence-corrected chi connectivity index (χ3v) is 2.74. The molecule has 1 atom stereocenters. The van der Waals surface area contributed by atoms with Crippen LogP contribution in [0.25, 0.3) is 0 Å². The van der Waals surface area contributed by atoms with E-state index in [0.29, 0.717) is 12.0 Å². The maximum atomic E-state index is 4.23. The van der Waals surface area contributed by atoms with E-state index in [1.807, 2.05) is 19.4 Å². The molecule has 0 aromatic carbocycles. The molecule has 0 saturated heterocycles. The Kier molecular flexibility index (Phi) is 5.92. The molecule has 102 valence electrons. The van der Waals surface area contributed by atoms with Crippen molar-refractivity contribution in [2.75, 3.05) is 38.3 Å². The van der Waals surface area contributed by atoms with Gasteiger partial charge in [-0.1, -0.05) is 13.8 Å². The fourth-order valence-electron chi connectivity index (χ4n) is 2.08. The van der Waals surface area contributed by atoms with Crippen LogP contribution in [-0.4, -0.2) is 43.6 Å². The van der Waals surface area contributed by atoms with Crippen LogP contribution in [0.5, 0.6) is 0 Å². The summed E-state index contributed by atoms with van der Waals surface area (Å²) in [6, 6.07) is 2.55. The second-order valence-electron chi connectivity index (χ2n) is 5.45. The van der Waals surface area contributed by atoms with E-state index in [2.05, 4.69) is 54.5 Å². The third-order valence-electron chi connectivity index (χ3n) is 2.74. The van der Waals surface area contributed by atoms with E-state index in [0.717, 1.165) is 24.3 Å². The lowest BCUT2D eigenvalue weighted by atomic mass is 10.0. The second kappa shape index (κ2) is 7.21. The lowest BCUT2D eigenvalue weighted by molar-refractivity contribution is 0.356. The Hall–Kier alpha value is -1.29. The Morgan fingerprint density at radius 2 is 1.89 bits per heavy atom. The van der Waals surface area contributed by atoms with Crippen molar-refractivity contribution in [3.63, 3.8) is 0 Å². The predicted octanol–water partition coefficient (Wildman–Crippen LogP) is 2.51. The number of likely N-dealkylation sites (N-methyl/N-ethyl adjacent to an activating group) is 1. The van der Waals surface area contributed by atoms with Gasteiger partial charge in [-0.15, -0.1) is 0 Å². The van der Waals surface area contributed by atoms with Gasteiger partial charge in [0.25, 0.3) is 0 Å². The minimum absolute atomic E-state index is 0.453. The standard InChI is InChI=1S/C14H26N4/c1-11(2)6-14(10-18(4)5)17-13-7-12(15-3)8-16-9-13/h7-9,11,14-15,17H,6,10H2,1-5H3. The Morgan fingerprint density at radius 1 is 1.22 bits per heavy atom. The van der Waals surface area contributed by atoms with Crippen LogP contribution in [0.15, 0.2) is 18.5 Å². The molecule has 18 heavy (non-hydrogen) atoms. The molecule has 1 rings (SSSR count). The molecule has 0 amide bonds. The molecule has 0 aliphatic heterocycles. The van der Waals surface area contributed by atoms with Crippen molar-refractivity contribution >= 4 is 11.4 Å². The van der Waals surface area contributed by atoms with Gasteiger partial charge in [0.1, 0.15) is 0 Å². The molecule has 0 bridgehead atoms. The van der Waals surface area contributed by atoms with Crippen molar-refractivity contribution in [2.45, 2.75) is 26.3 Å². The molecule has 0 saturated carbocycles. The largest absolute Gasteiger partial charge is 0.387 e. The van der Waals surface area contributed by atoms with Gasteiger partial charge in [-0.3, -0.25) is 4.98 Å². The summed E-state index contributed by atoms with van der Waals surface area (Å²) in [6.45, 7) is 5.54. The van der Waals surface area contributed by atoms with Crippen LogP contribution < -0.4 is 10.6 Å². The first-order valence-corrected chi connectivity index (χ1v) is 6.55. The van der Waals surface area contributed by atoms with Gasteiger partial charge < -0.3 is 15.5 Å². The molecule has 2 N–H and O–H groups in total. The van der Waals surface area contributed by atoms with Gasteiger partial charge in [0.2, 0.25) is 0 Å². The molecule has 1 aromatic rings. The van der Waals surface area contributed by atoms with E-state index in [9.17, 15) is 0 Å². The normalized spacial score (nSPS) is 12.8. The van der Waals surface area contributed by atoms with E-state index in [-0.39, 0.29) is 0 Å². The van der Waals surface area contributed by atoms with Gasteiger partial charge in [-0.25, -0.2) is 0 Å². The zero-order chi connectivity index (χ0) is 13.5. The molecule has 0 radical (unpaired) electrons. The highest BCUT2D eigenvalue weighted by atomic mass is 15.1. The minimum Gasteiger partial charge on any atom is -0.387 e. The summed E-state index contributed by atoms with van der Waals surface area (Å²) < 4.78 is 0. The average Bonchev–Trinajstić information content (AvgIpc) is 2.27. The summed E-state index contributed by atoms with van der Waals surface area (Å²) in [7, 11) is 6.13. The van der Waals surface area contributed by atoms with Crippen molar-refractivity contribution in [1.82, 2.24) is 9.88 Å². The smallest absolute Gasteiger partial charge is 0.0550 e. The molecule has 1 heterocycles. The lowest BCUT2D eigenvalue weighted by Crippen LogP contribution is -2.33. The topological polar surface area (TPSA) is 40.2 Å². The molecule has 0 spiro atoms. The first-order valence-electron chi connectivity index (χ1n) is 6.55. The predicted molar refractivity (Wildman–Crippen MR) is 79.2 cm³/mol. The maximum absolute atomic E-state index is 4.23.